The van der Waals surface area contributed by atoms with Crippen LogP contribution < -0.4 is 10.6 Å². The van der Waals surface area contributed by atoms with E-state index in [1.165, 1.54) is 5.56 Å². The van der Waals surface area contributed by atoms with Crippen molar-refractivity contribution < 1.29 is 4.42 Å². The Kier molecular flexibility index (Phi) is 5.12. The highest BCUT2D eigenvalue weighted by molar-refractivity contribution is 5.28. The Morgan fingerprint density at radius 2 is 1.85 bits per heavy atom. The normalized spacial score (nSPS) is 12.6. The third-order valence-electron chi connectivity index (χ3n) is 2.94. The van der Waals surface area contributed by atoms with Crippen molar-refractivity contribution in [2.75, 3.05) is 11.9 Å². The van der Waals surface area contributed by atoms with Gasteiger partial charge in [-0.15, -0.1) is 5.10 Å². The molecule has 0 spiro atoms. The Morgan fingerprint density at radius 3 is 2.55 bits per heavy atom. The van der Waals surface area contributed by atoms with Crippen molar-refractivity contribution in [3.8, 4) is 0 Å². The van der Waals surface area contributed by atoms with Gasteiger partial charge in [-0.25, -0.2) is 0 Å². The molecular formula is C15H22N4O. The molecule has 0 aliphatic heterocycles. The number of benzene rings is 1. The summed E-state index contributed by atoms with van der Waals surface area (Å²) in [5, 5.41) is 14.5. The predicted molar refractivity (Wildman–Crippen MR) is 79.3 cm³/mol. The number of hydrogen-bond donors (Lipinski definition) is 2. The Bertz CT molecular complexity index is 510. The smallest absolute Gasteiger partial charge is 0.315 e. The van der Waals surface area contributed by atoms with Gasteiger partial charge in [-0.05, 0) is 24.9 Å². The lowest BCUT2D eigenvalue weighted by molar-refractivity contribution is 0.456. The summed E-state index contributed by atoms with van der Waals surface area (Å²) in [4.78, 5) is 0. The molecule has 0 bridgehead atoms. The van der Waals surface area contributed by atoms with Crippen LogP contribution in [0.15, 0.2) is 34.7 Å². The molecule has 0 saturated carbocycles. The van der Waals surface area contributed by atoms with Crippen LogP contribution in [0, 0.1) is 5.92 Å². The van der Waals surface area contributed by atoms with E-state index in [1.54, 1.807) is 0 Å². The van der Waals surface area contributed by atoms with E-state index >= 15 is 0 Å². The van der Waals surface area contributed by atoms with Crippen LogP contribution in [-0.4, -0.2) is 16.7 Å². The first-order valence-electron chi connectivity index (χ1n) is 6.99. The fraction of sp³-hybridized carbons (Fsp3) is 0.467. The zero-order valence-corrected chi connectivity index (χ0v) is 12.3. The second kappa shape index (κ2) is 7.05. The predicted octanol–water partition coefficient (Wildman–Crippen LogP) is 2.99. The molecule has 5 heteroatoms. The molecule has 1 aromatic carbocycles. The molecule has 2 aromatic rings. The molecule has 1 aromatic heterocycles. The SMILES string of the molecule is CC(C)CNCc1nnc(NC(C)c2ccccc2)o1. The summed E-state index contributed by atoms with van der Waals surface area (Å²) in [6.45, 7) is 7.93. The topological polar surface area (TPSA) is 63.0 Å². The fourth-order valence-corrected chi connectivity index (χ4v) is 1.86. The molecule has 0 amide bonds. The highest BCUT2D eigenvalue weighted by Gasteiger charge is 2.10. The van der Waals surface area contributed by atoms with Crippen molar-refractivity contribution >= 4 is 6.01 Å². The summed E-state index contributed by atoms with van der Waals surface area (Å²) < 4.78 is 5.56. The summed E-state index contributed by atoms with van der Waals surface area (Å²) >= 11 is 0. The summed E-state index contributed by atoms with van der Waals surface area (Å²) in [6, 6.07) is 10.8. The van der Waals surface area contributed by atoms with E-state index in [0.29, 0.717) is 24.4 Å². The Labute approximate surface area is 119 Å². The largest absolute Gasteiger partial charge is 0.407 e. The first-order chi connectivity index (χ1) is 9.65. The highest BCUT2D eigenvalue weighted by atomic mass is 16.4. The Hall–Kier alpha value is -1.88. The van der Waals surface area contributed by atoms with Gasteiger partial charge in [-0.2, -0.15) is 0 Å². The lowest BCUT2D eigenvalue weighted by Crippen LogP contribution is -2.19. The number of aromatic nitrogens is 2. The number of hydrogen-bond acceptors (Lipinski definition) is 5. The van der Waals surface area contributed by atoms with E-state index in [1.807, 2.05) is 18.2 Å². The molecule has 2 rings (SSSR count). The average molecular weight is 274 g/mol. The van der Waals surface area contributed by atoms with Gasteiger partial charge in [0.1, 0.15) is 0 Å². The van der Waals surface area contributed by atoms with Gasteiger partial charge in [-0.3, -0.25) is 0 Å². The van der Waals surface area contributed by atoms with Crippen LogP contribution in [-0.2, 0) is 6.54 Å². The van der Waals surface area contributed by atoms with Gasteiger partial charge >= 0.3 is 6.01 Å². The van der Waals surface area contributed by atoms with Crippen molar-refractivity contribution in [1.29, 1.82) is 0 Å². The lowest BCUT2D eigenvalue weighted by atomic mass is 10.1. The quantitative estimate of drug-likeness (QED) is 0.812. The van der Waals surface area contributed by atoms with Crippen molar-refractivity contribution in [3.63, 3.8) is 0 Å². The molecule has 0 fully saturated rings. The maximum absolute atomic E-state index is 5.56. The summed E-state index contributed by atoms with van der Waals surface area (Å²) in [5.41, 5.74) is 1.19. The monoisotopic (exact) mass is 274 g/mol. The highest BCUT2D eigenvalue weighted by Crippen LogP contribution is 2.17. The first-order valence-corrected chi connectivity index (χ1v) is 6.99. The molecule has 5 nitrogen and oxygen atoms in total. The van der Waals surface area contributed by atoms with Gasteiger partial charge in [-0.1, -0.05) is 49.3 Å². The third-order valence-corrected chi connectivity index (χ3v) is 2.94. The zero-order chi connectivity index (χ0) is 14.4. The molecule has 0 aliphatic carbocycles. The van der Waals surface area contributed by atoms with Crippen molar-refractivity contribution in [2.45, 2.75) is 33.4 Å². The molecule has 1 heterocycles. The van der Waals surface area contributed by atoms with Gasteiger partial charge in [0.2, 0.25) is 5.89 Å². The second-order valence-corrected chi connectivity index (χ2v) is 5.30. The van der Waals surface area contributed by atoms with Crippen LogP contribution in [0.2, 0.25) is 0 Å². The van der Waals surface area contributed by atoms with Crippen LogP contribution in [0.5, 0.6) is 0 Å². The zero-order valence-electron chi connectivity index (χ0n) is 12.3. The summed E-state index contributed by atoms with van der Waals surface area (Å²) in [5.74, 6) is 1.21. The second-order valence-electron chi connectivity index (χ2n) is 5.30. The number of rotatable bonds is 7. The minimum atomic E-state index is 0.133. The number of nitrogens with zero attached hydrogens (tertiary/aromatic N) is 2. The summed E-state index contributed by atoms with van der Waals surface area (Å²) in [7, 11) is 0. The molecule has 108 valence electrons. The molecule has 0 aliphatic rings. The van der Waals surface area contributed by atoms with E-state index in [-0.39, 0.29) is 6.04 Å². The van der Waals surface area contributed by atoms with Gasteiger partial charge in [0.15, 0.2) is 0 Å². The maximum atomic E-state index is 5.56. The van der Waals surface area contributed by atoms with E-state index in [9.17, 15) is 0 Å². The van der Waals surface area contributed by atoms with E-state index < -0.39 is 0 Å². The minimum Gasteiger partial charge on any atom is -0.407 e. The summed E-state index contributed by atoms with van der Waals surface area (Å²) in [6.07, 6.45) is 0. The fourth-order valence-electron chi connectivity index (χ4n) is 1.86. The van der Waals surface area contributed by atoms with Crippen molar-refractivity contribution in [3.05, 3.63) is 41.8 Å². The van der Waals surface area contributed by atoms with Crippen molar-refractivity contribution in [2.24, 2.45) is 5.92 Å². The van der Waals surface area contributed by atoms with Crippen molar-refractivity contribution in [1.82, 2.24) is 15.5 Å². The maximum Gasteiger partial charge on any atom is 0.315 e. The molecule has 2 N–H and O–H groups in total. The van der Waals surface area contributed by atoms with Crippen LogP contribution in [0.25, 0.3) is 0 Å². The van der Waals surface area contributed by atoms with Gasteiger partial charge in [0.05, 0.1) is 12.6 Å². The molecular weight excluding hydrogens is 252 g/mol. The minimum absolute atomic E-state index is 0.133. The van der Waals surface area contributed by atoms with Gasteiger partial charge < -0.3 is 15.1 Å². The Balaban J connectivity index is 1.86. The van der Waals surface area contributed by atoms with E-state index in [4.69, 9.17) is 4.42 Å². The van der Waals surface area contributed by atoms with Crippen LogP contribution in [0.1, 0.15) is 38.3 Å². The average Bonchev–Trinajstić information content (AvgIpc) is 2.87. The molecule has 0 radical (unpaired) electrons. The van der Waals surface area contributed by atoms with Crippen LogP contribution >= 0.6 is 0 Å². The van der Waals surface area contributed by atoms with E-state index in [0.717, 1.165) is 6.54 Å². The van der Waals surface area contributed by atoms with E-state index in [2.05, 4.69) is 53.7 Å². The Morgan fingerprint density at radius 1 is 1.10 bits per heavy atom. The van der Waals surface area contributed by atoms with Crippen LogP contribution in [0.4, 0.5) is 6.01 Å². The third kappa shape index (κ3) is 4.35. The van der Waals surface area contributed by atoms with Gasteiger partial charge in [0, 0.05) is 0 Å². The lowest BCUT2D eigenvalue weighted by Gasteiger charge is -2.11. The molecule has 20 heavy (non-hydrogen) atoms. The number of anilines is 1. The standard InChI is InChI=1S/C15H22N4O/c1-11(2)9-16-10-14-18-19-15(20-14)17-12(3)13-7-5-4-6-8-13/h4-8,11-12,16H,9-10H2,1-3H3,(H,17,19). The molecule has 1 atom stereocenters. The van der Waals surface area contributed by atoms with Crippen LogP contribution in [0.3, 0.4) is 0 Å². The van der Waals surface area contributed by atoms with Gasteiger partial charge in [0.25, 0.3) is 0 Å². The molecule has 0 saturated heterocycles. The number of nitrogens with one attached hydrogen (secondary N) is 2. The first kappa shape index (κ1) is 14.5. The molecule has 1 unspecified atom stereocenters.